The number of aliphatic hydroxyl groups is 1. The molecule has 102 valence electrons. The van der Waals surface area contributed by atoms with E-state index in [0.717, 1.165) is 25.7 Å². The number of rotatable bonds is 1. The van der Waals surface area contributed by atoms with Crippen LogP contribution < -0.4 is 0 Å². The van der Waals surface area contributed by atoms with Gasteiger partial charge < -0.3 is 15.1 Å². The van der Waals surface area contributed by atoms with E-state index in [1.807, 2.05) is 0 Å². The monoisotopic (exact) mass is 261 g/mol. The summed E-state index contributed by atoms with van der Waals surface area (Å²) in [5, 5.41) is 18.6. The van der Waals surface area contributed by atoms with Gasteiger partial charge in [0.2, 0.25) is 0 Å². The Hall–Kier alpha value is -1.55. The maximum Gasteiger partial charge on any atom is 0.407 e. The van der Waals surface area contributed by atoms with Crippen molar-refractivity contribution < 1.29 is 15.0 Å². The first-order valence-corrected chi connectivity index (χ1v) is 6.91. The van der Waals surface area contributed by atoms with Gasteiger partial charge in [-0.05, 0) is 48.3 Å². The molecule has 0 aromatic heterocycles. The maximum atomic E-state index is 10.9. The van der Waals surface area contributed by atoms with Gasteiger partial charge >= 0.3 is 6.09 Å². The molecule has 1 atom stereocenters. The van der Waals surface area contributed by atoms with Gasteiger partial charge in [0.15, 0.2) is 0 Å². The Bertz CT molecular complexity index is 492. The summed E-state index contributed by atoms with van der Waals surface area (Å²) >= 11 is 0. The minimum Gasteiger partial charge on any atom is -0.465 e. The second-order valence-corrected chi connectivity index (χ2v) is 5.63. The van der Waals surface area contributed by atoms with Crippen LogP contribution in [0.3, 0.4) is 0 Å². The smallest absolute Gasteiger partial charge is 0.407 e. The fourth-order valence-electron chi connectivity index (χ4n) is 3.27. The molecule has 0 spiro atoms. The molecule has 1 fully saturated rings. The van der Waals surface area contributed by atoms with Crippen molar-refractivity contribution in [2.75, 3.05) is 13.1 Å². The molecule has 3 rings (SSSR count). The van der Waals surface area contributed by atoms with Gasteiger partial charge in [-0.1, -0.05) is 18.2 Å². The number of nitrogens with zero attached hydrogens (tertiary/aromatic N) is 1. The summed E-state index contributed by atoms with van der Waals surface area (Å²) in [6.45, 7) is 1.25. The highest BCUT2D eigenvalue weighted by atomic mass is 16.4. The van der Waals surface area contributed by atoms with Crippen molar-refractivity contribution in [3.63, 3.8) is 0 Å². The third-order valence-corrected chi connectivity index (χ3v) is 4.38. The summed E-state index contributed by atoms with van der Waals surface area (Å²) in [7, 11) is 0. The van der Waals surface area contributed by atoms with Gasteiger partial charge in [-0.3, -0.25) is 0 Å². The van der Waals surface area contributed by atoms with Crippen molar-refractivity contribution in [2.24, 2.45) is 0 Å². The van der Waals surface area contributed by atoms with Gasteiger partial charge in [0.1, 0.15) is 0 Å². The molecule has 2 N–H and O–H groups in total. The number of hydrogen-bond donors (Lipinski definition) is 2. The van der Waals surface area contributed by atoms with Crippen molar-refractivity contribution in [1.29, 1.82) is 0 Å². The number of fused-ring (bicyclic) bond motifs is 1. The summed E-state index contributed by atoms with van der Waals surface area (Å²) in [5.41, 5.74) is 3.84. The molecule has 1 aliphatic heterocycles. The predicted molar refractivity (Wildman–Crippen MR) is 71.4 cm³/mol. The third kappa shape index (κ3) is 2.45. The molecule has 0 bridgehead atoms. The first-order chi connectivity index (χ1) is 9.13. The fourth-order valence-corrected chi connectivity index (χ4v) is 3.27. The molecule has 2 aliphatic rings. The fraction of sp³-hybridized carbons (Fsp3) is 0.533. The van der Waals surface area contributed by atoms with E-state index in [0.29, 0.717) is 19.0 Å². The highest BCUT2D eigenvalue weighted by Crippen LogP contribution is 2.31. The molecule has 1 amide bonds. The molecule has 19 heavy (non-hydrogen) atoms. The van der Waals surface area contributed by atoms with E-state index in [1.54, 1.807) is 0 Å². The SMILES string of the molecule is O=C(O)N1CCC(c2ccc3c(c2)CC(O)C3)CC1. The molecular formula is C15H19NO3. The number of likely N-dealkylation sites (tertiary alicyclic amines) is 1. The lowest BCUT2D eigenvalue weighted by molar-refractivity contribution is 0.132. The normalized spacial score (nSPS) is 23.4. The van der Waals surface area contributed by atoms with Crippen molar-refractivity contribution in [1.82, 2.24) is 4.90 Å². The van der Waals surface area contributed by atoms with Gasteiger partial charge in [0, 0.05) is 13.1 Å². The van der Waals surface area contributed by atoms with Crippen molar-refractivity contribution in [3.05, 3.63) is 34.9 Å². The van der Waals surface area contributed by atoms with Gasteiger partial charge in [-0.15, -0.1) is 0 Å². The van der Waals surface area contributed by atoms with E-state index in [4.69, 9.17) is 5.11 Å². The van der Waals surface area contributed by atoms with Crippen LogP contribution in [0.25, 0.3) is 0 Å². The average molecular weight is 261 g/mol. The zero-order valence-electron chi connectivity index (χ0n) is 10.9. The molecule has 0 saturated carbocycles. The molecule has 4 heteroatoms. The minimum absolute atomic E-state index is 0.223. The molecule has 1 aromatic carbocycles. The number of carboxylic acid groups (broad SMARTS) is 1. The maximum absolute atomic E-state index is 10.9. The van der Waals surface area contributed by atoms with Crippen LogP contribution >= 0.6 is 0 Å². The molecule has 4 nitrogen and oxygen atoms in total. The summed E-state index contributed by atoms with van der Waals surface area (Å²) in [4.78, 5) is 12.4. The predicted octanol–water partition coefficient (Wildman–Crippen LogP) is 2.00. The largest absolute Gasteiger partial charge is 0.465 e. The topological polar surface area (TPSA) is 60.8 Å². The average Bonchev–Trinajstić information content (AvgIpc) is 2.77. The lowest BCUT2D eigenvalue weighted by Crippen LogP contribution is -2.36. The van der Waals surface area contributed by atoms with Crippen molar-refractivity contribution in [3.8, 4) is 0 Å². The molecule has 1 heterocycles. The van der Waals surface area contributed by atoms with Crippen molar-refractivity contribution in [2.45, 2.75) is 37.7 Å². The quantitative estimate of drug-likeness (QED) is 0.813. The van der Waals surface area contributed by atoms with E-state index in [9.17, 15) is 9.90 Å². The standard InChI is InChI=1S/C15H19NO3/c17-14-8-12-2-1-11(7-13(12)9-14)10-3-5-16(6-4-10)15(18)19/h1-2,7,10,14,17H,3-6,8-9H2,(H,18,19). The van der Waals surface area contributed by atoms with E-state index in [2.05, 4.69) is 18.2 Å². The minimum atomic E-state index is -0.810. The lowest BCUT2D eigenvalue weighted by atomic mass is 9.88. The summed E-state index contributed by atoms with van der Waals surface area (Å²) in [6, 6.07) is 6.50. The third-order valence-electron chi connectivity index (χ3n) is 4.38. The van der Waals surface area contributed by atoms with Crippen LogP contribution in [0.15, 0.2) is 18.2 Å². The zero-order chi connectivity index (χ0) is 13.4. The number of benzene rings is 1. The van der Waals surface area contributed by atoms with Crippen LogP contribution in [0, 0.1) is 0 Å². The van der Waals surface area contributed by atoms with Crippen LogP contribution in [0.4, 0.5) is 4.79 Å². The molecule has 1 aliphatic carbocycles. The summed E-state index contributed by atoms with van der Waals surface area (Å²) < 4.78 is 0. The van der Waals surface area contributed by atoms with E-state index < -0.39 is 6.09 Å². The van der Waals surface area contributed by atoms with Gasteiger partial charge in [-0.2, -0.15) is 0 Å². The highest BCUT2D eigenvalue weighted by molar-refractivity contribution is 5.65. The number of piperidine rings is 1. The van der Waals surface area contributed by atoms with Crippen molar-refractivity contribution >= 4 is 6.09 Å². The zero-order valence-corrected chi connectivity index (χ0v) is 10.9. The van der Waals surface area contributed by atoms with Gasteiger partial charge in [-0.25, -0.2) is 4.79 Å². The molecule has 0 radical (unpaired) electrons. The van der Waals surface area contributed by atoms with E-state index in [1.165, 1.54) is 21.6 Å². The molecular weight excluding hydrogens is 242 g/mol. The van der Waals surface area contributed by atoms with Crippen LogP contribution in [-0.4, -0.2) is 40.4 Å². The Kier molecular flexibility index (Phi) is 3.19. The van der Waals surface area contributed by atoms with Crippen LogP contribution in [0.1, 0.15) is 35.4 Å². The number of hydrogen-bond acceptors (Lipinski definition) is 2. The number of aliphatic hydroxyl groups excluding tert-OH is 1. The summed E-state index contributed by atoms with van der Waals surface area (Å²) in [5.74, 6) is 0.457. The Morgan fingerprint density at radius 2 is 1.84 bits per heavy atom. The van der Waals surface area contributed by atoms with Crippen LogP contribution in [0.5, 0.6) is 0 Å². The molecule has 1 aromatic rings. The first kappa shape index (κ1) is 12.5. The first-order valence-electron chi connectivity index (χ1n) is 6.91. The Morgan fingerprint density at radius 3 is 2.53 bits per heavy atom. The van der Waals surface area contributed by atoms with Crippen LogP contribution in [0.2, 0.25) is 0 Å². The Labute approximate surface area is 112 Å². The van der Waals surface area contributed by atoms with E-state index in [-0.39, 0.29) is 6.10 Å². The Balaban J connectivity index is 1.71. The lowest BCUT2D eigenvalue weighted by Gasteiger charge is -2.30. The number of carbonyl (C=O) groups is 1. The Morgan fingerprint density at radius 1 is 1.16 bits per heavy atom. The van der Waals surface area contributed by atoms with E-state index >= 15 is 0 Å². The highest BCUT2D eigenvalue weighted by Gasteiger charge is 2.25. The van der Waals surface area contributed by atoms with Gasteiger partial charge in [0.25, 0.3) is 0 Å². The van der Waals surface area contributed by atoms with Gasteiger partial charge in [0.05, 0.1) is 6.10 Å². The molecule has 1 saturated heterocycles. The number of amides is 1. The second-order valence-electron chi connectivity index (χ2n) is 5.63. The summed E-state index contributed by atoms with van der Waals surface area (Å²) in [6.07, 6.45) is 2.29. The second kappa shape index (κ2) is 4.85. The molecule has 1 unspecified atom stereocenters. The van der Waals surface area contributed by atoms with Crippen LogP contribution in [-0.2, 0) is 12.8 Å².